The summed E-state index contributed by atoms with van der Waals surface area (Å²) in [6.07, 6.45) is -0.378. The number of hydrogen-bond acceptors (Lipinski definition) is 2. The van der Waals surface area contributed by atoms with Gasteiger partial charge in [-0.3, -0.25) is 0 Å². The second kappa shape index (κ2) is 7.74. The van der Waals surface area contributed by atoms with Crippen LogP contribution in [0.3, 0.4) is 0 Å². The molecule has 3 nitrogen and oxygen atoms in total. The Bertz CT molecular complexity index is 1630. The molecule has 2 heterocycles. The van der Waals surface area contributed by atoms with Crippen molar-refractivity contribution in [2.45, 2.75) is 0 Å². The fourth-order valence-corrected chi connectivity index (χ4v) is 5.54. The van der Waals surface area contributed by atoms with Crippen molar-refractivity contribution in [1.29, 1.82) is 0 Å². The number of carbonyl (C=O) groups is 1. The second-order valence-electron chi connectivity index (χ2n) is 8.90. The van der Waals surface area contributed by atoms with E-state index in [0.29, 0.717) is 5.75 Å². The highest BCUT2D eigenvalue weighted by molar-refractivity contribution is 7.02. The second-order valence-corrected chi connectivity index (χ2v) is 8.90. The zero-order valence-corrected chi connectivity index (χ0v) is 18.9. The standard InChI is InChI=1S/C31H20BNO2/c34-31-33-29(23-13-6-2-7-14-23)28(22-11-4-1-5-12-22)32(24-16-8-3-9-17-24)25-20-19-21-15-10-18-26(35-31)27(21)30(25)33/h1-20H. The van der Waals surface area contributed by atoms with Gasteiger partial charge in [0.25, 0.3) is 0 Å². The van der Waals surface area contributed by atoms with Crippen molar-refractivity contribution in [3.63, 3.8) is 0 Å². The minimum Gasteiger partial charge on any atom is -0.409 e. The van der Waals surface area contributed by atoms with Gasteiger partial charge in [0.2, 0.25) is 6.71 Å². The molecule has 0 saturated carbocycles. The molecule has 0 saturated heterocycles. The van der Waals surface area contributed by atoms with E-state index in [2.05, 4.69) is 78.9 Å². The first-order valence-corrected chi connectivity index (χ1v) is 11.8. The van der Waals surface area contributed by atoms with Gasteiger partial charge in [0, 0.05) is 5.39 Å². The zero-order chi connectivity index (χ0) is 23.4. The molecule has 7 rings (SSSR count). The van der Waals surface area contributed by atoms with Gasteiger partial charge in [-0.05, 0) is 33.5 Å². The molecule has 35 heavy (non-hydrogen) atoms. The molecule has 0 bridgehead atoms. The van der Waals surface area contributed by atoms with E-state index in [1.54, 1.807) is 4.90 Å². The van der Waals surface area contributed by atoms with Gasteiger partial charge in [-0.15, -0.1) is 0 Å². The minimum absolute atomic E-state index is 0.0524. The first kappa shape index (κ1) is 19.9. The molecule has 164 valence electrons. The first-order valence-electron chi connectivity index (χ1n) is 11.8. The number of ether oxygens (including phenoxy) is 1. The van der Waals surface area contributed by atoms with E-state index in [1.807, 2.05) is 42.5 Å². The van der Waals surface area contributed by atoms with Gasteiger partial charge in [-0.2, -0.15) is 0 Å². The summed E-state index contributed by atoms with van der Waals surface area (Å²) in [5.74, 6) is 0.614. The molecule has 0 aliphatic carbocycles. The molecule has 5 aromatic rings. The van der Waals surface area contributed by atoms with Crippen LogP contribution in [0.2, 0.25) is 0 Å². The molecule has 0 N–H and O–H groups in total. The summed E-state index contributed by atoms with van der Waals surface area (Å²) in [5.41, 5.74) is 7.22. The zero-order valence-electron chi connectivity index (χ0n) is 18.9. The van der Waals surface area contributed by atoms with E-state index >= 15 is 0 Å². The Kier molecular flexibility index (Phi) is 4.40. The number of nitrogens with zero attached hydrogens (tertiary/aromatic N) is 1. The Balaban J connectivity index is 1.67. The van der Waals surface area contributed by atoms with Gasteiger partial charge < -0.3 is 4.74 Å². The molecule has 0 unspecified atom stereocenters. The van der Waals surface area contributed by atoms with Gasteiger partial charge >= 0.3 is 6.09 Å². The summed E-state index contributed by atoms with van der Waals surface area (Å²) in [7, 11) is 0. The van der Waals surface area contributed by atoms with E-state index in [9.17, 15) is 4.79 Å². The number of benzene rings is 5. The highest BCUT2D eigenvalue weighted by atomic mass is 16.6. The van der Waals surface area contributed by atoms with Crippen LogP contribution >= 0.6 is 0 Å². The third-order valence-electron chi connectivity index (χ3n) is 6.96. The molecular weight excluding hydrogens is 429 g/mol. The van der Waals surface area contributed by atoms with E-state index in [4.69, 9.17) is 4.74 Å². The number of anilines is 1. The summed E-state index contributed by atoms with van der Waals surface area (Å²) in [6.45, 7) is -0.0524. The fourth-order valence-electron chi connectivity index (χ4n) is 5.54. The van der Waals surface area contributed by atoms with Gasteiger partial charge in [-0.1, -0.05) is 121 Å². The SMILES string of the molecule is O=C1Oc2cccc3ccc4c(c23)N1C(c1ccccc1)=C(c1ccccc1)B4c1ccccc1. The van der Waals surface area contributed by atoms with E-state index < -0.39 is 0 Å². The topological polar surface area (TPSA) is 29.5 Å². The summed E-state index contributed by atoms with van der Waals surface area (Å²) < 4.78 is 5.93. The monoisotopic (exact) mass is 449 g/mol. The third kappa shape index (κ3) is 2.97. The van der Waals surface area contributed by atoms with Crippen LogP contribution < -0.4 is 20.6 Å². The maximum Gasteiger partial charge on any atom is 0.424 e. The summed E-state index contributed by atoms with van der Waals surface area (Å²) >= 11 is 0. The number of amides is 1. The van der Waals surface area contributed by atoms with Crippen molar-refractivity contribution in [3.8, 4) is 5.75 Å². The maximum absolute atomic E-state index is 13.7. The first-order chi connectivity index (χ1) is 17.3. The quantitative estimate of drug-likeness (QED) is 0.322. The molecule has 0 aromatic heterocycles. The molecule has 0 spiro atoms. The van der Waals surface area contributed by atoms with Gasteiger partial charge in [0.15, 0.2) is 0 Å². The van der Waals surface area contributed by atoms with Crippen molar-refractivity contribution in [2.24, 2.45) is 0 Å². The van der Waals surface area contributed by atoms with E-state index in [-0.39, 0.29) is 12.8 Å². The van der Waals surface area contributed by atoms with Gasteiger partial charge in [0.05, 0.1) is 11.4 Å². The predicted octanol–water partition coefficient (Wildman–Crippen LogP) is 5.89. The van der Waals surface area contributed by atoms with Crippen molar-refractivity contribution in [2.75, 3.05) is 4.90 Å². The number of carbonyl (C=O) groups excluding carboxylic acids is 1. The number of rotatable bonds is 3. The molecular formula is C31H20BNO2. The Hall–Kier alpha value is -4.57. The van der Waals surface area contributed by atoms with Crippen LogP contribution in [0, 0.1) is 0 Å². The molecule has 2 aliphatic rings. The summed E-state index contributed by atoms with van der Waals surface area (Å²) in [5, 5.41) is 2.03. The van der Waals surface area contributed by atoms with Crippen LogP contribution in [0.4, 0.5) is 10.5 Å². The largest absolute Gasteiger partial charge is 0.424 e. The predicted molar refractivity (Wildman–Crippen MR) is 144 cm³/mol. The van der Waals surface area contributed by atoms with Crippen LogP contribution in [0.5, 0.6) is 5.75 Å². The lowest BCUT2D eigenvalue weighted by Gasteiger charge is -2.40. The summed E-state index contributed by atoms with van der Waals surface area (Å²) in [6, 6.07) is 41.3. The third-order valence-corrected chi connectivity index (χ3v) is 6.96. The van der Waals surface area contributed by atoms with Gasteiger partial charge in [0.1, 0.15) is 5.75 Å². The van der Waals surface area contributed by atoms with E-state index in [1.165, 1.54) is 5.46 Å². The Labute approximate surface area is 204 Å². The molecule has 0 fully saturated rings. The Morgan fingerprint density at radius 1 is 0.629 bits per heavy atom. The van der Waals surface area contributed by atoms with Crippen LogP contribution in [-0.2, 0) is 0 Å². The van der Waals surface area contributed by atoms with Crippen molar-refractivity contribution < 1.29 is 9.53 Å². The minimum atomic E-state index is -0.378. The normalized spacial score (nSPS) is 14.3. The smallest absolute Gasteiger partial charge is 0.409 e. The Morgan fingerprint density at radius 2 is 1.29 bits per heavy atom. The molecule has 1 amide bonds. The van der Waals surface area contributed by atoms with Crippen molar-refractivity contribution >= 4 is 51.4 Å². The molecule has 0 radical (unpaired) electrons. The highest BCUT2D eigenvalue weighted by Gasteiger charge is 2.43. The van der Waals surface area contributed by atoms with Crippen LogP contribution in [0.25, 0.3) is 21.9 Å². The van der Waals surface area contributed by atoms with Gasteiger partial charge in [-0.25, -0.2) is 9.69 Å². The fraction of sp³-hybridized carbons (Fsp3) is 0. The molecule has 5 aromatic carbocycles. The van der Waals surface area contributed by atoms with Crippen LogP contribution in [0.15, 0.2) is 121 Å². The lowest BCUT2D eigenvalue weighted by Crippen LogP contribution is -2.53. The average molecular weight is 449 g/mol. The van der Waals surface area contributed by atoms with Crippen LogP contribution in [-0.4, -0.2) is 12.8 Å². The van der Waals surface area contributed by atoms with Crippen molar-refractivity contribution in [3.05, 3.63) is 132 Å². The lowest BCUT2D eigenvalue weighted by atomic mass is 9.33. The lowest BCUT2D eigenvalue weighted by molar-refractivity contribution is 0.210. The maximum atomic E-state index is 13.7. The Morgan fingerprint density at radius 3 is 2.00 bits per heavy atom. The number of hydrogen-bond donors (Lipinski definition) is 0. The summed E-state index contributed by atoms with van der Waals surface area (Å²) in [4.78, 5) is 15.5. The van der Waals surface area contributed by atoms with Crippen molar-refractivity contribution in [1.82, 2.24) is 0 Å². The molecule has 0 atom stereocenters. The van der Waals surface area contributed by atoms with Crippen LogP contribution in [0.1, 0.15) is 11.1 Å². The molecule has 4 heteroatoms. The average Bonchev–Trinajstić information content (AvgIpc) is 2.92. The molecule has 2 aliphatic heterocycles. The highest BCUT2D eigenvalue weighted by Crippen LogP contribution is 2.46. The van der Waals surface area contributed by atoms with E-state index in [0.717, 1.165) is 44.2 Å².